The fraction of sp³-hybridized carbons (Fsp3) is 0.917. The summed E-state index contributed by atoms with van der Waals surface area (Å²) in [4.78, 5) is 14.0. The quantitative estimate of drug-likeness (QED) is 0.648. The first-order valence-corrected chi connectivity index (χ1v) is 6.18. The molecule has 0 atom stereocenters. The highest BCUT2D eigenvalue weighted by Gasteiger charge is 2.20. The van der Waals surface area contributed by atoms with Gasteiger partial charge in [0.25, 0.3) is 0 Å². The zero-order chi connectivity index (χ0) is 12.4. The Morgan fingerprint density at radius 2 is 1.94 bits per heavy atom. The van der Waals surface area contributed by atoms with Gasteiger partial charge in [0.05, 0.1) is 6.61 Å². The van der Waals surface area contributed by atoms with E-state index in [-0.39, 0.29) is 11.8 Å². The molecule has 0 aromatic rings. The van der Waals surface area contributed by atoms with Crippen LogP contribution in [0.2, 0.25) is 0 Å². The summed E-state index contributed by atoms with van der Waals surface area (Å²) in [5.74, 6) is 0.394. The van der Waals surface area contributed by atoms with Gasteiger partial charge in [-0.05, 0) is 25.8 Å². The molecule has 4 heteroatoms. The van der Waals surface area contributed by atoms with Crippen molar-refractivity contribution in [2.75, 3.05) is 33.4 Å². The zero-order valence-electron chi connectivity index (χ0n) is 10.9. The first-order chi connectivity index (χ1) is 7.71. The van der Waals surface area contributed by atoms with Crippen LogP contribution < -0.4 is 5.73 Å². The molecule has 0 bridgehead atoms. The third-order valence-corrected chi connectivity index (χ3v) is 2.84. The van der Waals surface area contributed by atoms with Gasteiger partial charge in [0, 0.05) is 26.1 Å². The Morgan fingerprint density at radius 3 is 2.38 bits per heavy atom. The Bertz CT molecular complexity index is 174. The van der Waals surface area contributed by atoms with E-state index in [0.29, 0.717) is 19.7 Å². The molecule has 0 aromatic heterocycles. The van der Waals surface area contributed by atoms with E-state index in [1.807, 2.05) is 4.90 Å². The number of nitrogens with two attached hydrogens (primary N) is 1. The van der Waals surface area contributed by atoms with Gasteiger partial charge in [0.15, 0.2) is 0 Å². The smallest absolute Gasteiger partial charge is 0.225 e. The molecule has 0 rings (SSSR count). The molecular formula is C12H26N2O2. The van der Waals surface area contributed by atoms with Gasteiger partial charge in [0.2, 0.25) is 5.91 Å². The highest BCUT2D eigenvalue weighted by atomic mass is 16.5. The Morgan fingerprint density at radius 1 is 1.31 bits per heavy atom. The minimum atomic E-state index is 0.148. The van der Waals surface area contributed by atoms with Crippen LogP contribution in [-0.4, -0.2) is 44.2 Å². The van der Waals surface area contributed by atoms with Gasteiger partial charge in [0.1, 0.15) is 0 Å². The predicted octanol–water partition coefficient (Wildman–Crippen LogP) is 1.25. The topological polar surface area (TPSA) is 55.6 Å². The van der Waals surface area contributed by atoms with Crippen molar-refractivity contribution in [1.29, 1.82) is 0 Å². The van der Waals surface area contributed by atoms with Gasteiger partial charge < -0.3 is 15.4 Å². The molecular weight excluding hydrogens is 204 g/mol. The first kappa shape index (κ1) is 15.4. The number of ether oxygens (including phenoxy) is 1. The minimum absolute atomic E-state index is 0.148. The first-order valence-electron chi connectivity index (χ1n) is 6.18. The molecule has 0 aliphatic heterocycles. The Kier molecular flexibility index (Phi) is 9.24. The number of hydrogen-bond acceptors (Lipinski definition) is 3. The highest BCUT2D eigenvalue weighted by molar-refractivity contribution is 5.78. The maximum Gasteiger partial charge on any atom is 0.225 e. The van der Waals surface area contributed by atoms with Gasteiger partial charge in [-0.1, -0.05) is 13.8 Å². The summed E-state index contributed by atoms with van der Waals surface area (Å²) in [6.45, 7) is 6.75. The van der Waals surface area contributed by atoms with Crippen LogP contribution in [0, 0.1) is 5.92 Å². The largest absolute Gasteiger partial charge is 0.383 e. The number of carbonyl (C=O) groups is 1. The van der Waals surface area contributed by atoms with Gasteiger partial charge in [-0.25, -0.2) is 0 Å². The van der Waals surface area contributed by atoms with E-state index in [1.54, 1.807) is 7.11 Å². The zero-order valence-corrected chi connectivity index (χ0v) is 10.9. The lowest BCUT2D eigenvalue weighted by Crippen LogP contribution is -2.39. The molecule has 0 aliphatic carbocycles. The lowest BCUT2D eigenvalue weighted by molar-refractivity contribution is -0.136. The average molecular weight is 230 g/mol. The Labute approximate surface area is 99.1 Å². The van der Waals surface area contributed by atoms with Crippen molar-refractivity contribution in [3.63, 3.8) is 0 Å². The molecule has 16 heavy (non-hydrogen) atoms. The lowest BCUT2D eigenvalue weighted by Gasteiger charge is -2.26. The predicted molar refractivity (Wildman–Crippen MR) is 66.2 cm³/mol. The maximum absolute atomic E-state index is 12.1. The molecule has 2 N–H and O–H groups in total. The Hall–Kier alpha value is -0.610. The molecule has 1 amide bonds. The van der Waals surface area contributed by atoms with E-state index >= 15 is 0 Å². The van der Waals surface area contributed by atoms with Crippen LogP contribution in [-0.2, 0) is 9.53 Å². The number of amides is 1. The van der Waals surface area contributed by atoms with Crippen LogP contribution in [0.4, 0.5) is 0 Å². The van der Waals surface area contributed by atoms with Crippen molar-refractivity contribution in [2.45, 2.75) is 33.1 Å². The molecule has 0 saturated carbocycles. The van der Waals surface area contributed by atoms with E-state index < -0.39 is 0 Å². The number of nitrogens with zero attached hydrogens (tertiary/aromatic N) is 1. The second kappa shape index (κ2) is 9.60. The Balaban J connectivity index is 4.28. The summed E-state index contributed by atoms with van der Waals surface area (Å²) >= 11 is 0. The molecule has 0 spiro atoms. The summed E-state index contributed by atoms with van der Waals surface area (Å²) in [6.07, 6.45) is 2.67. The monoisotopic (exact) mass is 230 g/mol. The molecule has 0 unspecified atom stereocenters. The third kappa shape index (κ3) is 5.47. The molecule has 0 aliphatic rings. The minimum Gasteiger partial charge on any atom is -0.383 e. The van der Waals surface area contributed by atoms with Crippen LogP contribution in [0.3, 0.4) is 0 Å². The lowest BCUT2D eigenvalue weighted by atomic mass is 10.0. The second-order valence-electron chi connectivity index (χ2n) is 3.97. The molecule has 0 saturated heterocycles. The SMILES string of the molecule is CCC(CC)C(=O)N(CCCN)CCOC. The van der Waals surface area contributed by atoms with E-state index in [2.05, 4.69) is 13.8 Å². The molecule has 0 radical (unpaired) electrons. The highest BCUT2D eigenvalue weighted by Crippen LogP contribution is 2.12. The van der Waals surface area contributed by atoms with Crippen molar-refractivity contribution in [3.8, 4) is 0 Å². The summed E-state index contributed by atoms with van der Waals surface area (Å²) < 4.78 is 5.02. The van der Waals surface area contributed by atoms with E-state index in [4.69, 9.17) is 10.5 Å². The fourth-order valence-corrected chi connectivity index (χ4v) is 1.71. The van der Waals surface area contributed by atoms with Gasteiger partial charge in [-0.3, -0.25) is 4.79 Å². The third-order valence-electron chi connectivity index (χ3n) is 2.84. The summed E-state index contributed by atoms with van der Waals surface area (Å²) in [5.41, 5.74) is 5.48. The molecule has 0 aromatic carbocycles. The van der Waals surface area contributed by atoms with Crippen LogP contribution in [0.1, 0.15) is 33.1 Å². The van der Waals surface area contributed by atoms with Gasteiger partial charge in [-0.2, -0.15) is 0 Å². The standard InChI is InChI=1S/C12H26N2O2/c1-4-11(5-2)12(15)14(8-6-7-13)9-10-16-3/h11H,4-10,13H2,1-3H3. The van der Waals surface area contributed by atoms with Gasteiger partial charge in [-0.15, -0.1) is 0 Å². The van der Waals surface area contributed by atoms with E-state index in [1.165, 1.54) is 0 Å². The van der Waals surface area contributed by atoms with Crippen LogP contribution in [0.15, 0.2) is 0 Å². The maximum atomic E-state index is 12.1. The summed E-state index contributed by atoms with van der Waals surface area (Å²) in [5, 5.41) is 0. The second-order valence-corrected chi connectivity index (χ2v) is 3.97. The molecule has 96 valence electrons. The van der Waals surface area contributed by atoms with Crippen molar-refractivity contribution in [3.05, 3.63) is 0 Å². The average Bonchev–Trinajstić information content (AvgIpc) is 2.30. The van der Waals surface area contributed by atoms with Crippen molar-refractivity contribution < 1.29 is 9.53 Å². The van der Waals surface area contributed by atoms with Crippen LogP contribution in [0.25, 0.3) is 0 Å². The number of hydrogen-bond donors (Lipinski definition) is 1. The fourth-order valence-electron chi connectivity index (χ4n) is 1.71. The normalized spacial score (nSPS) is 10.8. The molecule has 4 nitrogen and oxygen atoms in total. The molecule has 0 fully saturated rings. The summed E-state index contributed by atoms with van der Waals surface area (Å²) in [6, 6.07) is 0. The van der Waals surface area contributed by atoms with E-state index in [9.17, 15) is 4.79 Å². The summed E-state index contributed by atoms with van der Waals surface area (Å²) in [7, 11) is 1.66. The van der Waals surface area contributed by atoms with E-state index in [0.717, 1.165) is 25.8 Å². The van der Waals surface area contributed by atoms with Crippen molar-refractivity contribution in [1.82, 2.24) is 4.90 Å². The van der Waals surface area contributed by atoms with Crippen molar-refractivity contribution in [2.24, 2.45) is 11.7 Å². The molecule has 0 heterocycles. The van der Waals surface area contributed by atoms with Crippen LogP contribution in [0.5, 0.6) is 0 Å². The van der Waals surface area contributed by atoms with Crippen molar-refractivity contribution >= 4 is 5.91 Å². The van der Waals surface area contributed by atoms with Crippen LogP contribution >= 0.6 is 0 Å². The number of methoxy groups -OCH3 is 1. The van der Waals surface area contributed by atoms with Gasteiger partial charge >= 0.3 is 0 Å². The number of rotatable bonds is 9. The number of carbonyl (C=O) groups excluding carboxylic acids is 1.